The van der Waals surface area contributed by atoms with Crippen LogP contribution < -0.4 is 4.90 Å². The van der Waals surface area contributed by atoms with Gasteiger partial charge in [0.05, 0.1) is 12.3 Å². The quantitative estimate of drug-likeness (QED) is 0.385. The zero-order valence-corrected chi connectivity index (χ0v) is 20.0. The molecule has 4 aromatic rings. The van der Waals surface area contributed by atoms with Crippen LogP contribution in [0.1, 0.15) is 39.9 Å². The Morgan fingerprint density at radius 1 is 1.12 bits per heavy atom. The van der Waals surface area contributed by atoms with Gasteiger partial charge in [-0.2, -0.15) is 10.2 Å². The molecule has 6 rings (SSSR count). The number of furan rings is 1. The fourth-order valence-corrected chi connectivity index (χ4v) is 6.73. The number of hydrogen-bond acceptors (Lipinski definition) is 8. The maximum atomic E-state index is 13.7. The molecular formula is C25H22N4O3S2. The number of piperidine rings is 1. The molecule has 9 heteroatoms. The van der Waals surface area contributed by atoms with Gasteiger partial charge in [-0.25, -0.2) is 0 Å². The number of anilines is 1. The van der Waals surface area contributed by atoms with Gasteiger partial charge in [-0.05, 0) is 59.9 Å². The van der Waals surface area contributed by atoms with Gasteiger partial charge >= 0.3 is 0 Å². The van der Waals surface area contributed by atoms with Crippen LogP contribution >= 0.6 is 22.7 Å². The summed E-state index contributed by atoms with van der Waals surface area (Å²) in [6.07, 6.45) is 3.89. The fraction of sp³-hybridized carbons (Fsp3) is 0.320. The number of hydrogen-bond donors (Lipinski definition) is 0. The van der Waals surface area contributed by atoms with Crippen molar-refractivity contribution in [2.75, 3.05) is 24.5 Å². The summed E-state index contributed by atoms with van der Waals surface area (Å²) in [6.45, 7) is 2.03. The number of carbonyl (C=O) groups excluding carboxylic acids is 1. The molecule has 2 aliphatic rings. The topological polar surface area (TPSA) is 86.5 Å². The van der Waals surface area contributed by atoms with Crippen molar-refractivity contribution in [3.63, 3.8) is 0 Å². The molecule has 1 amide bonds. The van der Waals surface area contributed by atoms with E-state index >= 15 is 0 Å². The third-order valence-corrected chi connectivity index (χ3v) is 8.56. The molecule has 2 aliphatic heterocycles. The van der Waals surface area contributed by atoms with E-state index in [0.29, 0.717) is 43.5 Å². The highest BCUT2D eigenvalue weighted by molar-refractivity contribution is 7.10. The molecule has 34 heavy (non-hydrogen) atoms. The number of nitriles is 1. The molecule has 0 saturated carbocycles. The Balaban J connectivity index is 1.19. The summed E-state index contributed by atoms with van der Waals surface area (Å²) in [7, 11) is 0. The minimum Gasteiger partial charge on any atom is -0.459 e. The normalized spacial score (nSPS) is 18.6. The van der Waals surface area contributed by atoms with Crippen molar-refractivity contribution >= 4 is 34.5 Å². The lowest BCUT2D eigenvalue weighted by Crippen LogP contribution is -2.46. The first-order valence-electron chi connectivity index (χ1n) is 11.3. The first kappa shape index (κ1) is 21.2. The first-order valence-corrected chi connectivity index (χ1v) is 13.1. The van der Waals surface area contributed by atoms with E-state index in [1.807, 2.05) is 4.90 Å². The molecule has 4 aromatic heterocycles. The summed E-state index contributed by atoms with van der Waals surface area (Å²) in [5.74, 6) is 1.43. The molecular weight excluding hydrogens is 468 g/mol. The third-order valence-electron chi connectivity index (χ3n) is 6.64. The van der Waals surface area contributed by atoms with Gasteiger partial charge in [-0.15, -0.1) is 22.7 Å². The summed E-state index contributed by atoms with van der Waals surface area (Å²) in [5.41, 5.74) is 1.52. The molecule has 0 bridgehead atoms. The average molecular weight is 491 g/mol. The fourth-order valence-electron chi connectivity index (χ4n) is 4.98. The lowest BCUT2D eigenvalue weighted by atomic mass is 9.91. The highest BCUT2D eigenvalue weighted by Crippen LogP contribution is 2.41. The van der Waals surface area contributed by atoms with E-state index in [1.54, 1.807) is 41.1 Å². The molecule has 6 heterocycles. The van der Waals surface area contributed by atoms with Gasteiger partial charge in [0, 0.05) is 35.3 Å². The predicted molar refractivity (Wildman–Crippen MR) is 130 cm³/mol. The van der Waals surface area contributed by atoms with Gasteiger partial charge in [0.15, 0.2) is 5.76 Å². The standard InChI is InChI=1S/C25H22N4O3S2/c26-15-18-25(32-23(27-18)19-3-1-12-31-19)28-9-5-16(6-10-28)24(30)29-11-7-20-17(8-14-34-20)22(29)21-4-2-13-33-21/h1-4,8,12-14,16,22H,5-7,9-11H2. The average Bonchev–Trinajstić information content (AvgIpc) is 3.69. The maximum absolute atomic E-state index is 13.7. The van der Waals surface area contributed by atoms with Crippen molar-refractivity contribution in [2.24, 2.45) is 5.92 Å². The van der Waals surface area contributed by atoms with Crippen LogP contribution in [0.5, 0.6) is 0 Å². The molecule has 0 N–H and O–H groups in total. The second-order valence-corrected chi connectivity index (χ2v) is 10.5. The highest BCUT2D eigenvalue weighted by atomic mass is 32.1. The predicted octanol–water partition coefficient (Wildman–Crippen LogP) is 5.32. The summed E-state index contributed by atoms with van der Waals surface area (Å²) in [5, 5.41) is 13.8. The molecule has 172 valence electrons. The molecule has 7 nitrogen and oxygen atoms in total. The number of rotatable bonds is 4. The minimum atomic E-state index is -0.0445. The summed E-state index contributed by atoms with van der Waals surface area (Å²) < 4.78 is 11.3. The SMILES string of the molecule is N#Cc1nc(-c2ccco2)oc1N1CCC(C(=O)N2CCc3sccc3C2c2cccs2)CC1. The zero-order valence-electron chi connectivity index (χ0n) is 18.3. The van der Waals surface area contributed by atoms with Crippen LogP contribution in [0.3, 0.4) is 0 Å². The third kappa shape index (κ3) is 3.63. The Hall–Kier alpha value is -3.35. The molecule has 0 aliphatic carbocycles. The lowest BCUT2D eigenvalue weighted by molar-refractivity contribution is -0.138. The Labute approximate surface area is 204 Å². The Morgan fingerprint density at radius 3 is 2.74 bits per heavy atom. The van der Waals surface area contributed by atoms with Crippen molar-refractivity contribution in [3.05, 3.63) is 68.4 Å². The summed E-state index contributed by atoms with van der Waals surface area (Å²) in [6, 6.07) is 12.0. The highest BCUT2D eigenvalue weighted by Gasteiger charge is 2.38. The number of carbonyl (C=O) groups is 1. The van der Waals surface area contributed by atoms with Gasteiger partial charge in [0.1, 0.15) is 6.07 Å². The Bertz CT molecular complexity index is 1320. The van der Waals surface area contributed by atoms with E-state index in [0.717, 1.165) is 13.0 Å². The Kier molecular flexibility index (Phi) is 5.47. The number of amides is 1. The molecule has 1 saturated heterocycles. The summed E-state index contributed by atoms with van der Waals surface area (Å²) in [4.78, 5) is 24.7. The molecule has 1 fully saturated rings. The lowest BCUT2D eigenvalue weighted by Gasteiger charge is -2.39. The van der Waals surface area contributed by atoms with Crippen LogP contribution in [-0.2, 0) is 11.2 Å². The number of thiophene rings is 2. The molecule has 1 unspecified atom stereocenters. The molecule has 0 spiro atoms. The summed E-state index contributed by atoms with van der Waals surface area (Å²) >= 11 is 3.50. The van der Waals surface area contributed by atoms with Crippen LogP contribution in [0.2, 0.25) is 0 Å². The molecule has 0 radical (unpaired) electrons. The van der Waals surface area contributed by atoms with Crippen molar-refractivity contribution in [1.82, 2.24) is 9.88 Å². The van der Waals surface area contributed by atoms with Gasteiger partial charge in [0.2, 0.25) is 17.5 Å². The first-order chi connectivity index (χ1) is 16.7. The number of oxazole rings is 1. The second-order valence-electron chi connectivity index (χ2n) is 8.52. The number of nitrogens with zero attached hydrogens (tertiary/aromatic N) is 4. The molecule has 0 aromatic carbocycles. The Morgan fingerprint density at radius 2 is 2.00 bits per heavy atom. The minimum absolute atomic E-state index is 0.0100. The molecule has 1 atom stereocenters. The van der Waals surface area contributed by atoms with E-state index < -0.39 is 0 Å². The van der Waals surface area contributed by atoms with E-state index in [-0.39, 0.29) is 23.6 Å². The van der Waals surface area contributed by atoms with Gasteiger partial charge in [-0.3, -0.25) is 4.79 Å². The number of aromatic nitrogens is 1. The van der Waals surface area contributed by atoms with Crippen molar-refractivity contribution in [1.29, 1.82) is 5.26 Å². The van der Waals surface area contributed by atoms with Crippen molar-refractivity contribution in [3.8, 4) is 17.7 Å². The largest absolute Gasteiger partial charge is 0.459 e. The van der Waals surface area contributed by atoms with Gasteiger partial charge in [0.25, 0.3) is 5.89 Å². The van der Waals surface area contributed by atoms with Crippen molar-refractivity contribution < 1.29 is 13.6 Å². The second kappa shape index (κ2) is 8.78. The van der Waals surface area contributed by atoms with Gasteiger partial charge < -0.3 is 18.6 Å². The smallest absolute Gasteiger partial charge is 0.266 e. The van der Waals surface area contributed by atoms with Crippen LogP contribution in [0.4, 0.5) is 5.88 Å². The van der Waals surface area contributed by atoms with Crippen LogP contribution in [0.25, 0.3) is 11.7 Å². The van der Waals surface area contributed by atoms with E-state index in [1.165, 1.54) is 15.3 Å². The van der Waals surface area contributed by atoms with Crippen molar-refractivity contribution in [2.45, 2.75) is 25.3 Å². The number of fused-ring (bicyclic) bond motifs is 1. The van der Waals surface area contributed by atoms with E-state index in [9.17, 15) is 10.1 Å². The zero-order chi connectivity index (χ0) is 23.1. The van der Waals surface area contributed by atoms with Gasteiger partial charge in [-0.1, -0.05) is 6.07 Å². The van der Waals surface area contributed by atoms with Crippen LogP contribution in [0, 0.1) is 17.2 Å². The van der Waals surface area contributed by atoms with Crippen LogP contribution in [0.15, 0.2) is 56.2 Å². The van der Waals surface area contributed by atoms with E-state index in [2.05, 4.69) is 44.9 Å². The van der Waals surface area contributed by atoms with E-state index in [4.69, 9.17) is 8.83 Å². The van der Waals surface area contributed by atoms with Crippen LogP contribution in [-0.4, -0.2) is 35.4 Å². The monoisotopic (exact) mass is 490 g/mol. The maximum Gasteiger partial charge on any atom is 0.266 e.